The average Bonchev–Trinajstić information content (AvgIpc) is 4.05. The van der Waals surface area contributed by atoms with E-state index in [1.807, 2.05) is 6.07 Å². The molecule has 0 unspecified atom stereocenters. The van der Waals surface area contributed by atoms with Gasteiger partial charge in [0, 0.05) is 35.6 Å². The number of aromatic nitrogens is 2. The smallest absolute Gasteiger partial charge is 0.408 e. The summed E-state index contributed by atoms with van der Waals surface area (Å²) in [5.74, 6) is -1.04. The van der Waals surface area contributed by atoms with E-state index in [0.717, 1.165) is 16.0 Å². The van der Waals surface area contributed by atoms with Crippen LogP contribution in [0.4, 0.5) is 21.0 Å². The lowest BCUT2D eigenvalue weighted by atomic mass is 9.97. The molecule has 340 valence electrons. The van der Waals surface area contributed by atoms with Crippen LogP contribution in [0.15, 0.2) is 103 Å². The van der Waals surface area contributed by atoms with Gasteiger partial charge in [-0.3, -0.25) is 24.1 Å². The number of hydrogen-bond donors (Lipinski definition) is 5. The summed E-state index contributed by atoms with van der Waals surface area (Å²) in [6.07, 6.45) is 0.112. The van der Waals surface area contributed by atoms with E-state index in [1.165, 1.54) is 9.80 Å². The van der Waals surface area contributed by atoms with Crippen LogP contribution in [-0.2, 0) is 23.9 Å². The molecule has 6 amide bonds. The van der Waals surface area contributed by atoms with Gasteiger partial charge in [-0.2, -0.15) is 0 Å². The van der Waals surface area contributed by atoms with Crippen molar-refractivity contribution in [1.82, 2.24) is 30.0 Å². The normalized spacial score (nSPS) is 17.3. The highest BCUT2D eigenvalue weighted by molar-refractivity contribution is 6.01. The van der Waals surface area contributed by atoms with Crippen molar-refractivity contribution in [3.63, 3.8) is 0 Å². The van der Waals surface area contributed by atoms with Crippen molar-refractivity contribution < 1.29 is 38.6 Å². The molecule has 16 heteroatoms. The SMILES string of the molecule is CC(C)(C)OC(=O)N[C@@H](C(=O)N1CCC[C@H]1C(=O)Nc1ccc2[nH]c(-c3ccc(NC(=O)[C@@H]4CCCN4C(=O)[C@@H](c4ccccc4)N(C(=O)O)C(C)(C)C)cc3)nc2c1)c1ccccc1. The third-order valence-electron chi connectivity index (χ3n) is 11.4. The van der Waals surface area contributed by atoms with E-state index in [0.29, 0.717) is 72.6 Å². The third-order valence-corrected chi connectivity index (χ3v) is 11.4. The minimum Gasteiger partial charge on any atom is -0.465 e. The predicted octanol–water partition coefficient (Wildman–Crippen LogP) is 7.87. The second kappa shape index (κ2) is 18.9. The second-order valence-electron chi connectivity index (χ2n) is 18.4. The fraction of sp³-hybridized carbons (Fsp3) is 0.367. The maximum absolute atomic E-state index is 14.3. The lowest BCUT2D eigenvalue weighted by molar-refractivity contribution is -0.142. The Kier molecular flexibility index (Phi) is 13.3. The molecule has 0 saturated carbocycles. The second-order valence-corrected chi connectivity index (χ2v) is 18.4. The van der Waals surface area contributed by atoms with Crippen LogP contribution in [-0.4, -0.2) is 102 Å². The summed E-state index contributed by atoms with van der Waals surface area (Å²) in [5, 5.41) is 18.9. The highest BCUT2D eigenvalue weighted by atomic mass is 16.6. The molecule has 4 atom stereocenters. The number of ether oxygens (including phenoxy) is 1. The molecule has 7 rings (SSSR count). The Morgan fingerprint density at radius 1 is 0.723 bits per heavy atom. The summed E-state index contributed by atoms with van der Waals surface area (Å²) in [6, 6.07) is 26.3. The molecule has 3 heterocycles. The van der Waals surface area contributed by atoms with Crippen molar-refractivity contribution in [2.24, 2.45) is 0 Å². The number of nitrogens with one attached hydrogen (secondary N) is 4. The minimum absolute atomic E-state index is 0.317. The number of hydrogen-bond acceptors (Lipinski definition) is 8. The number of carboxylic acid groups (broad SMARTS) is 1. The number of imidazole rings is 1. The highest BCUT2D eigenvalue weighted by Crippen LogP contribution is 2.34. The number of fused-ring (bicyclic) bond motifs is 1. The number of carbonyl (C=O) groups excluding carboxylic acids is 5. The number of H-pyrrole nitrogens is 1. The fourth-order valence-electron chi connectivity index (χ4n) is 8.49. The van der Waals surface area contributed by atoms with Crippen LogP contribution in [0.5, 0.6) is 0 Å². The number of alkyl carbamates (subject to hydrolysis) is 1. The molecule has 0 aliphatic carbocycles. The molecule has 4 aromatic carbocycles. The molecular weight excluding hydrogens is 829 g/mol. The number of aromatic amines is 1. The first-order valence-electron chi connectivity index (χ1n) is 21.8. The maximum Gasteiger partial charge on any atom is 0.408 e. The van der Waals surface area contributed by atoms with Crippen molar-refractivity contribution in [3.8, 4) is 11.4 Å². The van der Waals surface area contributed by atoms with Crippen molar-refractivity contribution >= 4 is 58.2 Å². The van der Waals surface area contributed by atoms with Crippen LogP contribution < -0.4 is 16.0 Å². The first-order chi connectivity index (χ1) is 30.9. The van der Waals surface area contributed by atoms with Gasteiger partial charge >= 0.3 is 12.2 Å². The van der Waals surface area contributed by atoms with Crippen LogP contribution in [0.2, 0.25) is 0 Å². The highest BCUT2D eigenvalue weighted by Gasteiger charge is 2.45. The predicted molar refractivity (Wildman–Crippen MR) is 246 cm³/mol. The van der Waals surface area contributed by atoms with E-state index < -0.39 is 59.3 Å². The summed E-state index contributed by atoms with van der Waals surface area (Å²) in [5.41, 5.74) is 2.47. The molecule has 5 aromatic rings. The molecule has 0 spiro atoms. The Labute approximate surface area is 377 Å². The van der Waals surface area contributed by atoms with E-state index in [2.05, 4.69) is 20.9 Å². The number of rotatable bonds is 11. The molecule has 2 saturated heterocycles. The van der Waals surface area contributed by atoms with Gasteiger partial charge in [0.25, 0.3) is 11.8 Å². The topological polar surface area (TPSA) is 206 Å². The molecule has 2 fully saturated rings. The van der Waals surface area contributed by atoms with Crippen LogP contribution in [0.1, 0.15) is 90.4 Å². The molecule has 2 aliphatic rings. The molecule has 1 aromatic heterocycles. The first kappa shape index (κ1) is 45.8. The van der Waals surface area contributed by atoms with Gasteiger partial charge in [-0.15, -0.1) is 0 Å². The molecular formula is C49H56N8O8. The number of nitrogens with zero attached hydrogens (tertiary/aromatic N) is 4. The summed E-state index contributed by atoms with van der Waals surface area (Å²) < 4.78 is 5.45. The zero-order chi connectivity index (χ0) is 46.6. The van der Waals surface area contributed by atoms with Gasteiger partial charge in [-0.25, -0.2) is 14.6 Å². The maximum atomic E-state index is 14.3. The Bertz CT molecular complexity index is 2550. The van der Waals surface area contributed by atoms with Crippen LogP contribution in [0, 0.1) is 0 Å². The van der Waals surface area contributed by atoms with Crippen LogP contribution >= 0.6 is 0 Å². The monoisotopic (exact) mass is 884 g/mol. The van der Waals surface area contributed by atoms with E-state index in [1.54, 1.807) is 139 Å². The van der Waals surface area contributed by atoms with Gasteiger partial charge in [-0.1, -0.05) is 60.7 Å². The Hall–Kier alpha value is -7.23. The standard InChI is InChI=1S/C49H56N8O8/c1-48(2,3)57(47(63)64)40(31-17-11-8-12-18-31)45(61)56-28-14-20-38(56)42(58)50-33-23-21-32(22-24-33)41-52-35-26-25-34(29-36(35)53-41)51-43(59)37-19-13-27-55(37)44(60)39(30-15-9-7-10-16-30)54-46(62)65-49(4,5)6/h7-12,15-18,21-26,29,37-40H,13-14,19-20,27-28H2,1-6H3,(H,50,58)(H,51,59)(H,52,53)(H,54,62)(H,63,64)/t37-,38-,39+,40+/m0/s1. The number of carbonyl (C=O) groups is 6. The number of amides is 6. The van der Waals surface area contributed by atoms with E-state index in [-0.39, 0.29) is 11.8 Å². The van der Waals surface area contributed by atoms with Crippen molar-refractivity contribution in [2.75, 3.05) is 23.7 Å². The fourth-order valence-corrected chi connectivity index (χ4v) is 8.49. The third kappa shape index (κ3) is 10.6. The van der Waals surface area contributed by atoms with Crippen molar-refractivity contribution in [1.29, 1.82) is 0 Å². The first-order valence-corrected chi connectivity index (χ1v) is 21.8. The molecule has 0 bridgehead atoms. The molecule has 2 aliphatic heterocycles. The summed E-state index contributed by atoms with van der Waals surface area (Å²) >= 11 is 0. The summed E-state index contributed by atoms with van der Waals surface area (Å²) in [6.45, 7) is 11.1. The van der Waals surface area contributed by atoms with Crippen LogP contribution in [0.3, 0.4) is 0 Å². The number of anilines is 2. The lowest BCUT2D eigenvalue weighted by Crippen LogP contribution is -2.54. The molecule has 0 radical (unpaired) electrons. The van der Waals surface area contributed by atoms with E-state index >= 15 is 0 Å². The van der Waals surface area contributed by atoms with Gasteiger partial charge in [0.05, 0.1) is 11.0 Å². The number of likely N-dealkylation sites (tertiary alicyclic amines) is 2. The van der Waals surface area contributed by atoms with Crippen molar-refractivity contribution in [3.05, 3.63) is 114 Å². The molecule has 16 nitrogen and oxygen atoms in total. The largest absolute Gasteiger partial charge is 0.465 e. The average molecular weight is 885 g/mol. The van der Waals surface area contributed by atoms with Gasteiger partial charge < -0.3 is 40.6 Å². The van der Waals surface area contributed by atoms with Gasteiger partial charge in [0.1, 0.15) is 35.6 Å². The van der Waals surface area contributed by atoms with E-state index in [9.17, 15) is 33.9 Å². The Balaban J connectivity index is 1.01. The van der Waals surface area contributed by atoms with E-state index in [4.69, 9.17) is 9.72 Å². The zero-order valence-corrected chi connectivity index (χ0v) is 37.5. The Morgan fingerprint density at radius 2 is 1.26 bits per heavy atom. The van der Waals surface area contributed by atoms with Gasteiger partial charge in [-0.05, 0) is 121 Å². The quantitative estimate of drug-likeness (QED) is 0.0874. The minimum atomic E-state index is -1.23. The lowest BCUT2D eigenvalue weighted by Gasteiger charge is -2.41. The van der Waals surface area contributed by atoms with Crippen LogP contribution in [0.25, 0.3) is 22.4 Å². The molecule has 5 N–H and O–H groups in total. The van der Waals surface area contributed by atoms with Crippen molar-refractivity contribution in [2.45, 2.75) is 103 Å². The van der Waals surface area contributed by atoms with Gasteiger partial charge in [0.15, 0.2) is 0 Å². The zero-order valence-electron chi connectivity index (χ0n) is 37.5. The number of benzene rings is 4. The summed E-state index contributed by atoms with van der Waals surface area (Å²) in [7, 11) is 0. The molecule has 65 heavy (non-hydrogen) atoms. The van der Waals surface area contributed by atoms with Gasteiger partial charge in [0.2, 0.25) is 11.8 Å². The summed E-state index contributed by atoms with van der Waals surface area (Å²) in [4.78, 5) is 93.4. The Morgan fingerprint density at radius 3 is 1.82 bits per heavy atom.